The van der Waals surface area contributed by atoms with Crippen molar-refractivity contribution in [3.63, 3.8) is 0 Å². The molecular weight excluding hydrogens is 230 g/mol. The molecule has 0 fully saturated rings. The molecule has 0 bridgehead atoms. The highest BCUT2D eigenvalue weighted by Crippen LogP contribution is 2.13. The summed E-state index contributed by atoms with van der Waals surface area (Å²) in [6.07, 6.45) is 4.55. The molecule has 2 aromatic rings. The molecule has 0 radical (unpaired) electrons. The van der Waals surface area contributed by atoms with Crippen LogP contribution in [-0.2, 0) is 0 Å². The van der Waals surface area contributed by atoms with Crippen molar-refractivity contribution in [2.45, 2.75) is 0 Å². The summed E-state index contributed by atoms with van der Waals surface area (Å²) in [5.41, 5.74) is -0.586. The fourth-order valence-electron chi connectivity index (χ4n) is 1.17. The van der Waals surface area contributed by atoms with Gasteiger partial charge in [0.1, 0.15) is 12.4 Å². The van der Waals surface area contributed by atoms with Gasteiger partial charge in [0.05, 0.1) is 4.92 Å². The van der Waals surface area contributed by atoms with E-state index in [0.717, 1.165) is 17.1 Å². The van der Waals surface area contributed by atoms with Gasteiger partial charge in [-0.05, 0) is 0 Å². The lowest BCUT2D eigenvalue weighted by atomic mass is 10.4. The Morgan fingerprint density at radius 3 is 2.71 bits per heavy atom. The summed E-state index contributed by atoms with van der Waals surface area (Å²) >= 11 is 0. The van der Waals surface area contributed by atoms with Crippen LogP contribution in [-0.4, -0.2) is 35.7 Å². The molecule has 0 saturated heterocycles. The van der Waals surface area contributed by atoms with Gasteiger partial charge in [-0.25, -0.2) is 19.4 Å². The third-order valence-electron chi connectivity index (χ3n) is 1.88. The van der Waals surface area contributed by atoms with E-state index in [9.17, 15) is 14.9 Å². The summed E-state index contributed by atoms with van der Waals surface area (Å²) in [7, 11) is 0. The summed E-state index contributed by atoms with van der Waals surface area (Å²) < 4.78 is 0.995. The molecule has 0 amide bonds. The number of aromatic nitrogens is 4. The van der Waals surface area contributed by atoms with Crippen molar-refractivity contribution in [3.8, 4) is 5.82 Å². The normalized spacial score (nSPS) is 10.1. The smallest absolute Gasteiger partial charge is 0.358 e. The van der Waals surface area contributed by atoms with Crippen molar-refractivity contribution in [1.29, 1.82) is 0 Å². The second-order valence-corrected chi connectivity index (χ2v) is 2.93. The quantitative estimate of drug-likeness (QED) is 0.597. The molecule has 0 atom stereocenters. The number of carbonyl (C=O) groups is 1. The lowest BCUT2D eigenvalue weighted by molar-refractivity contribution is -0.384. The Bertz CT molecular complexity index is 593. The average Bonchev–Trinajstić information content (AvgIpc) is 2.78. The van der Waals surface area contributed by atoms with E-state index in [4.69, 9.17) is 5.11 Å². The highest BCUT2D eigenvalue weighted by molar-refractivity contribution is 5.88. The van der Waals surface area contributed by atoms with Crippen LogP contribution in [0.1, 0.15) is 10.5 Å². The van der Waals surface area contributed by atoms with Crippen LogP contribution >= 0.6 is 0 Å². The fourth-order valence-corrected chi connectivity index (χ4v) is 1.17. The van der Waals surface area contributed by atoms with E-state index in [2.05, 4.69) is 15.1 Å². The van der Waals surface area contributed by atoms with Crippen molar-refractivity contribution in [1.82, 2.24) is 19.7 Å². The van der Waals surface area contributed by atoms with Crippen LogP contribution in [0.2, 0.25) is 0 Å². The molecule has 0 aromatic carbocycles. The molecule has 2 aromatic heterocycles. The minimum absolute atomic E-state index is 0.0758. The van der Waals surface area contributed by atoms with Gasteiger partial charge in [0.2, 0.25) is 0 Å². The van der Waals surface area contributed by atoms with Crippen LogP contribution in [0.25, 0.3) is 5.82 Å². The number of hydrogen-bond donors (Lipinski definition) is 1. The molecule has 0 unspecified atom stereocenters. The summed E-state index contributed by atoms with van der Waals surface area (Å²) in [6, 6.07) is 0. The second-order valence-electron chi connectivity index (χ2n) is 2.93. The molecule has 0 spiro atoms. The summed E-state index contributed by atoms with van der Waals surface area (Å²) in [4.78, 5) is 28.1. The maximum Gasteiger partial charge on any atom is 0.358 e. The summed E-state index contributed by atoms with van der Waals surface area (Å²) in [6.45, 7) is 0. The predicted molar refractivity (Wildman–Crippen MR) is 52.8 cm³/mol. The topological polar surface area (TPSA) is 124 Å². The van der Waals surface area contributed by atoms with Crippen molar-refractivity contribution < 1.29 is 14.8 Å². The number of aromatic carboxylic acids is 1. The first-order valence-corrected chi connectivity index (χ1v) is 4.33. The molecule has 9 nitrogen and oxygen atoms in total. The minimum Gasteiger partial charge on any atom is -0.476 e. The van der Waals surface area contributed by atoms with Gasteiger partial charge >= 0.3 is 11.7 Å². The zero-order valence-electron chi connectivity index (χ0n) is 8.22. The highest BCUT2D eigenvalue weighted by atomic mass is 16.6. The van der Waals surface area contributed by atoms with Crippen LogP contribution < -0.4 is 0 Å². The first-order valence-electron chi connectivity index (χ1n) is 4.33. The average molecular weight is 235 g/mol. The first-order chi connectivity index (χ1) is 8.09. The van der Waals surface area contributed by atoms with Gasteiger partial charge in [-0.1, -0.05) is 0 Å². The predicted octanol–water partition coefficient (Wildman–Crippen LogP) is 0.269. The third-order valence-corrected chi connectivity index (χ3v) is 1.88. The number of carboxylic acids is 1. The van der Waals surface area contributed by atoms with E-state index >= 15 is 0 Å². The first kappa shape index (κ1) is 10.7. The molecule has 0 aliphatic rings. The molecule has 86 valence electrons. The van der Waals surface area contributed by atoms with Crippen LogP contribution in [0.5, 0.6) is 0 Å². The molecule has 17 heavy (non-hydrogen) atoms. The molecular formula is C8H5N5O4. The molecule has 0 saturated carbocycles. The van der Waals surface area contributed by atoms with Crippen molar-refractivity contribution in [2.24, 2.45) is 0 Å². The molecule has 9 heteroatoms. The lowest BCUT2D eigenvalue weighted by Gasteiger charge is -2.01. The van der Waals surface area contributed by atoms with Crippen molar-refractivity contribution in [3.05, 3.63) is 40.6 Å². The van der Waals surface area contributed by atoms with Gasteiger partial charge in [0, 0.05) is 12.4 Å². The fraction of sp³-hybridized carbons (Fsp3) is 0. The van der Waals surface area contributed by atoms with Gasteiger partial charge in [0.15, 0.2) is 11.5 Å². The zero-order chi connectivity index (χ0) is 12.4. The Labute approximate surface area is 93.5 Å². The third kappa shape index (κ3) is 1.93. The lowest BCUT2D eigenvalue weighted by Crippen LogP contribution is -2.10. The standard InChI is InChI=1S/C8H5N5O4/c14-8(15)6-7(10-2-1-9-6)12-4-5(3-11-12)13(16)17/h1-4H,(H,14,15). The Morgan fingerprint density at radius 1 is 1.41 bits per heavy atom. The molecule has 2 heterocycles. The number of rotatable bonds is 3. The second kappa shape index (κ2) is 3.96. The van der Waals surface area contributed by atoms with Gasteiger partial charge in [-0.3, -0.25) is 10.1 Å². The van der Waals surface area contributed by atoms with E-state index < -0.39 is 10.9 Å². The number of hydrogen-bond acceptors (Lipinski definition) is 6. The van der Waals surface area contributed by atoms with Gasteiger partial charge < -0.3 is 5.11 Å². The Hall–Kier alpha value is -2.84. The van der Waals surface area contributed by atoms with Crippen LogP contribution in [0.3, 0.4) is 0 Å². The molecule has 1 N–H and O–H groups in total. The van der Waals surface area contributed by atoms with Crippen molar-refractivity contribution >= 4 is 11.7 Å². The summed E-state index contributed by atoms with van der Waals surface area (Å²) in [5.74, 6) is -1.36. The van der Waals surface area contributed by atoms with E-state index in [-0.39, 0.29) is 17.2 Å². The highest BCUT2D eigenvalue weighted by Gasteiger charge is 2.17. The van der Waals surface area contributed by atoms with E-state index in [1.165, 1.54) is 12.4 Å². The van der Waals surface area contributed by atoms with Crippen LogP contribution in [0, 0.1) is 10.1 Å². The maximum absolute atomic E-state index is 10.9. The van der Waals surface area contributed by atoms with Crippen molar-refractivity contribution in [2.75, 3.05) is 0 Å². The van der Waals surface area contributed by atoms with E-state index in [0.29, 0.717) is 0 Å². The SMILES string of the molecule is O=C(O)c1nccnc1-n1cc([N+](=O)[O-])cn1. The number of carboxylic acid groups (broad SMARTS) is 1. The van der Waals surface area contributed by atoms with Crippen LogP contribution in [0.4, 0.5) is 5.69 Å². The van der Waals surface area contributed by atoms with Gasteiger partial charge in [0.25, 0.3) is 0 Å². The van der Waals surface area contributed by atoms with Gasteiger partial charge in [-0.2, -0.15) is 5.10 Å². The number of nitro groups is 1. The Morgan fingerprint density at radius 2 is 2.12 bits per heavy atom. The molecule has 2 rings (SSSR count). The monoisotopic (exact) mass is 235 g/mol. The van der Waals surface area contributed by atoms with Crippen LogP contribution in [0.15, 0.2) is 24.8 Å². The van der Waals surface area contributed by atoms with E-state index in [1.807, 2.05) is 0 Å². The van der Waals surface area contributed by atoms with E-state index in [1.54, 1.807) is 0 Å². The Kier molecular flexibility index (Phi) is 2.49. The van der Waals surface area contributed by atoms with Gasteiger partial charge in [-0.15, -0.1) is 0 Å². The summed E-state index contributed by atoms with van der Waals surface area (Å²) in [5, 5.41) is 23.0. The minimum atomic E-state index is -1.29. The zero-order valence-corrected chi connectivity index (χ0v) is 8.22. The Balaban J connectivity index is 2.52. The molecule has 0 aliphatic carbocycles. The largest absolute Gasteiger partial charge is 0.476 e. The molecule has 0 aliphatic heterocycles. The number of nitrogens with zero attached hydrogens (tertiary/aromatic N) is 5. The maximum atomic E-state index is 10.9.